The van der Waals surface area contributed by atoms with Crippen LogP contribution in [0.2, 0.25) is 0 Å². The molecule has 0 aliphatic heterocycles. The van der Waals surface area contributed by atoms with Crippen LogP contribution in [-0.2, 0) is 0 Å². The van der Waals surface area contributed by atoms with E-state index in [1.54, 1.807) is 53.9 Å². The quantitative estimate of drug-likeness (QED) is 0.611. The third kappa shape index (κ3) is 3.16. The zero-order valence-electron chi connectivity index (χ0n) is 13.5. The molecule has 1 N–H and O–H groups in total. The lowest BCUT2D eigenvalue weighted by molar-refractivity contribution is 0.102. The van der Waals surface area contributed by atoms with Crippen LogP contribution in [0.15, 0.2) is 73.7 Å². The summed E-state index contributed by atoms with van der Waals surface area (Å²) in [6.45, 7) is 0. The van der Waals surface area contributed by atoms with Crippen LogP contribution >= 0.6 is 0 Å². The van der Waals surface area contributed by atoms with Crippen LogP contribution < -0.4 is 5.32 Å². The SMILES string of the molecule is O=C(Nc1ccnc(-c2ccccn2)n1)c1cncn1-c1cccnc1. The molecule has 0 aromatic carbocycles. The number of nitrogens with zero attached hydrogens (tertiary/aromatic N) is 6. The van der Waals surface area contributed by atoms with Crippen molar-refractivity contribution in [1.82, 2.24) is 29.5 Å². The first-order valence-electron chi connectivity index (χ1n) is 7.80. The molecule has 0 aliphatic carbocycles. The molecule has 0 radical (unpaired) electrons. The fraction of sp³-hybridized carbons (Fsp3) is 0. The molecule has 0 atom stereocenters. The molecule has 0 bridgehead atoms. The van der Waals surface area contributed by atoms with Gasteiger partial charge in [-0.25, -0.2) is 15.0 Å². The molecule has 4 aromatic rings. The van der Waals surface area contributed by atoms with Gasteiger partial charge in [0.25, 0.3) is 5.91 Å². The van der Waals surface area contributed by atoms with Crippen molar-refractivity contribution in [3.05, 3.63) is 79.4 Å². The van der Waals surface area contributed by atoms with E-state index in [1.807, 2.05) is 18.2 Å². The van der Waals surface area contributed by atoms with E-state index in [1.165, 1.54) is 6.20 Å². The highest BCUT2D eigenvalue weighted by Gasteiger charge is 2.14. The monoisotopic (exact) mass is 343 g/mol. The largest absolute Gasteiger partial charge is 0.305 e. The van der Waals surface area contributed by atoms with Crippen molar-refractivity contribution < 1.29 is 4.79 Å². The van der Waals surface area contributed by atoms with Crippen LogP contribution in [0.5, 0.6) is 0 Å². The van der Waals surface area contributed by atoms with Crippen molar-refractivity contribution in [3.63, 3.8) is 0 Å². The smallest absolute Gasteiger partial charge is 0.275 e. The second-order valence-electron chi connectivity index (χ2n) is 5.29. The van der Waals surface area contributed by atoms with Gasteiger partial charge in [0, 0.05) is 18.6 Å². The van der Waals surface area contributed by atoms with Gasteiger partial charge in [0.2, 0.25) is 0 Å². The minimum atomic E-state index is -0.336. The van der Waals surface area contributed by atoms with E-state index in [4.69, 9.17) is 0 Å². The normalized spacial score (nSPS) is 10.5. The van der Waals surface area contributed by atoms with E-state index in [0.717, 1.165) is 5.69 Å². The summed E-state index contributed by atoms with van der Waals surface area (Å²) < 4.78 is 1.66. The minimum Gasteiger partial charge on any atom is -0.305 e. The van der Waals surface area contributed by atoms with Gasteiger partial charge in [-0.3, -0.25) is 19.3 Å². The number of carbonyl (C=O) groups excluding carboxylic acids is 1. The molecule has 0 spiro atoms. The Bertz CT molecular complexity index is 1030. The second kappa shape index (κ2) is 6.89. The summed E-state index contributed by atoms with van der Waals surface area (Å²) in [4.78, 5) is 33.5. The summed E-state index contributed by atoms with van der Waals surface area (Å²) in [7, 11) is 0. The molecule has 0 saturated carbocycles. The first-order valence-corrected chi connectivity index (χ1v) is 7.80. The van der Waals surface area contributed by atoms with Crippen molar-refractivity contribution in [2.24, 2.45) is 0 Å². The summed E-state index contributed by atoms with van der Waals surface area (Å²) in [5, 5.41) is 2.77. The maximum absolute atomic E-state index is 12.6. The average Bonchev–Trinajstić information content (AvgIpc) is 3.20. The van der Waals surface area contributed by atoms with E-state index in [2.05, 4.69) is 30.2 Å². The first kappa shape index (κ1) is 15.6. The number of carbonyl (C=O) groups is 1. The Kier molecular flexibility index (Phi) is 4.13. The van der Waals surface area contributed by atoms with Crippen LogP contribution in [0, 0.1) is 0 Å². The van der Waals surface area contributed by atoms with Crippen LogP contribution in [-0.4, -0.2) is 35.4 Å². The zero-order valence-corrected chi connectivity index (χ0v) is 13.5. The van der Waals surface area contributed by atoms with Crippen molar-refractivity contribution in [1.29, 1.82) is 0 Å². The number of nitrogens with one attached hydrogen (secondary N) is 1. The molecule has 0 aliphatic rings. The van der Waals surface area contributed by atoms with Crippen LogP contribution in [0.4, 0.5) is 5.82 Å². The fourth-order valence-electron chi connectivity index (χ4n) is 2.39. The number of aromatic nitrogens is 6. The Balaban J connectivity index is 1.60. The van der Waals surface area contributed by atoms with Crippen molar-refractivity contribution in [2.75, 3.05) is 5.32 Å². The van der Waals surface area contributed by atoms with Gasteiger partial charge in [-0.1, -0.05) is 6.07 Å². The van der Waals surface area contributed by atoms with E-state index >= 15 is 0 Å². The Labute approximate surface area is 148 Å². The lowest BCUT2D eigenvalue weighted by Gasteiger charge is -2.08. The van der Waals surface area contributed by atoms with Gasteiger partial charge in [0.1, 0.15) is 17.2 Å². The molecule has 0 unspecified atom stereocenters. The van der Waals surface area contributed by atoms with Gasteiger partial charge in [0.15, 0.2) is 5.82 Å². The maximum atomic E-state index is 12.6. The summed E-state index contributed by atoms with van der Waals surface area (Å²) in [5.41, 5.74) is 1.74. The standard InChI is InChI=1S/C18H13N7O/c26-18(15-11-20-12-25(15)13-4-3-7-19-10-13)24-16-6-9-22-17(23-16)14-5-1-2-8-21-14/h1-12H,(H,22,23,24,26). The van der Waals surface area contributed by atoms with E-state index < -0.39 is 0 Å². The Morgan fingerprint density at radius 2 is 1.88 bits per heavy atom. The molecule has 126 valence electrons. The number of pyridine rings is 2. The number of imidazole rings is 1. The third-order valence-electron chi connectivity index (χ3n) is 3.59. The molecule has 4 rings (SSSR count). The van der Waals surface area contributed by atoms with Crippen LogP contribution in [0.25, 0.3) is 17.2 Å². The molecule has 8 heteroatoms. The average molecular weight is 343 g/mol. The van der Waals surface area contributed by atoms with E-state index in [9.17, 15) is 4.79 Å². The summed E-state index contributed by atoms with van der Waals surface area (Å²) in [6, 6.07) is 10.7. The molecular formula is C18H13N7O. The van der Waals surface area contributed by atoms with Gasteiger partial charge in [-0.2, -0.15) is 0 Å². The van der Waals surface area contributed by atoms with Gasteiger partial charge in [0.05, 0.1) is 24.4 Å². The van der Waals surface area contributed by atoms with Gasteiger partial charge in [-0.15, -0.1) is 0 Å². The molecular weight excluding hydrogens is 330 g/mol. The molecule has 8 nitrogen and oxygen atoms in total. The molecule has 0 saturated heterocycles. The molecule has 1 amide bonds. The summed E-state index contributed by atoms with van der Waals surface area (Å²) >= 11 is 0. The number of amides is 1. The highest BCUT2D eigenvalue weighted by atomic mass is 16.2. The summed E-state index contributed by atoms with van der Waals surface area (Å²) in [5.74, 6) is 0.478. The Morgan fingerprint density at radius 3 is 2.69 bits per heavy atom. The van der Waals surface area contributed by atoms with Crippen molar-refractivity contribution in [2.45, 2.75) is 0 Å². The number of hydrogen-bond acceptors (Lipinski definition) is 6. The predicted octanol–water partition coefficient (Wildman–Crippen LogP) is 2.37. The molecule has 0 fully saturated rings. The maximum Gasteiger partial charge on any atom is 0.275 e. The lowest BCUT2D eigenvalue weighted by atomic mass is 10.3. The fourth-order valence-corrected chi connectivity index (χ4v) is 2.39. The predicted molar refractivity (Wildman–Crippen MR) is 94.6 cm³/mol. The first-order chi connectivity index (χ1) is 12.8. The zero-order chi connectivity index (χ0) is 17.8. The Hall–Kier alpha value is -3.94. The van der Waals surface area contributed by atoms with E-state index in [0.29, 0.717) is 23.0 Å². The lowest BCUT2D eigenvalue weighted by Crippen LogP contribution is -2.17. The van der Waals surface area contributed by atoms with Gasteiger partial charge in [-0.05, 0) is 30.3 Å². The number of anilines is 1. The Morgan fingerprint density at radius 1 is 0.923 bits per heavy atom. The molecule has 26 heavy (non-hydrogen) atoms. The van der Waals surface area contributed by atoms with Crippen LogP contribution in [0.3, 0.4) is 0 Å². The van der Waals surface area contributed by atoms with Crippen molar-refractivity contribution in [3.8, 4) is 17.2 Å². The highest BCUT2D eigenvalue weighted by molar-refractivity contribution is 6.02. The van der Waals surface area contributed by atoms with E-state index in [-0.39, 0.29) is 5.91 Å². The minimum absolute atomic E-state index is 0.336. The third-order valence-corrected chi connectivity index (χ3v) is 3.59. The summed E-state index contributed by atoms with van der Waals surface area (Å²) in [6.07, 6.45) is 9.61. The van der Waals surface area contributed by atoms with Gasteiger partial charge >= 0.3 is 0 Å². The second-order valence-corrected chi connectivity index (χ2v) is 5.29. The highest BCUT2D eigenvalue weighted by Crippen LogP contribution is 2.15. The molecule has 4 aromatic heterocycles. The van der Waals surface area contributed by atoms with Crippen molar-refractivity contribution >= 4 is 11.7 Å². The van der Waals surface area contributed by atoms with Crippen LogP contribution in [0.1, 0.15) is 10.5 Å². The number of rotatable bonds is 4. The topological polar surface area (TPSA) is 98.5 Å². The molecule has 4 heterocycles. The number of hydrogen-bond donors (Lipinski definition) is 1. The van der Waals surface area contributed by atoms with Gasteiger partial charge < -0.3 is 5.32 Å².